The Morgan fingerprint density at radius 2 is 2.07 bits per heavy atom. The van der Waals surface area contributed by atoms with E-state index in [0.29, 0.717) is 32.1 Å². The molecule has 3 unspecified atom stereocenters. The molecule has 8 heteroatoms. The molecule has 1 fully saturated rings. The molecule has 5 atom stereocenters. The Kier molecular flexibility index (Phi) is 10.6. The Labute approximate surface area is 193 Å². The van der Waals surface area contributed by atoms with Crippen molar-refractivity contribution in [2.45, 2.75) is 63.3 Å². The first-order valence-electron chi connectivity index (χ1n) is 9.86. The molecule has 0 aromatic carbocycles. The van der Waals surface area contributed by atoms with Crippen molar-refractivity contribution in [3.63, 3.8) is 0 Å². The summed E-state index contributed by atoms with van der Waals surface area (Å²) >= 11 is 8.65. The third kappa shape index (κ3) is 7.92. The summed E-state index contributed by atoms with van der Waals surface area (Å²) in [5, 5.41) is 32.9. The van der Waals surface area contributed by atoms with Crippen LogP contribution in [0.3, 0.4) is 0 Å². The average Bonchev–Trinajstić information content (AvgIpc) is 3.12. The van der Waals surface area contributed by atoms with Crippen LogP contribution in [-0.2, 0) is 11.2 Å². The number of carbonyl (C=O) groups is 1. The third-order valence-electron chi connectivity index (χ3n) is 5.27. The zero-order valence-corrected chi connectivity index (χ0v) is 20.2. The summed E-state index contributed by atoms with van der Waals surface area (Å²) in [5.74, 6) is -0.559. The summed E-state index contributed by atoms with van der Waals surface area (Å²) in [7, 11) is 0. The molecule has 1 amide bonds. The molecule has 0 aliphatic heterocycles. The van der Waals surface area contributed by atoms with Crippen LogP contribution >= 0.6 is 43.2 Å². The monoisotopic (exact) mass is 549 g/mol. The van der Waals surface area contributed by atoms with Gasteiger partial charge in [0.05, 0.1) is 18.3 Å². The number of aliphatic hydroxyl groups excluding tert-OH is 3. The zero-order chi connectivity index (χ0) is 21.4. The number of primary amides is 1. The fraction of sp³-hybridized carbons (Fsp3) is 0.571. The van der Waals surface area contributed by atoms with Gasteiger partial charge in [0, 0.05) is 38.0 Å². The number of amides is 1. The first kappa shape index (κ1) is 24.8. The second-order valence-electron chi connectivity index (χ2n) is 7.49. The number of hydrogen-bond donors (Lipinski definition) is 4. The van der Waals surface area contributed by atoms with Gasteiger partial charge in [-0.15, -0.1) is 11.3 Å². The number of allylic oxidation sites excluding steroid dienone is 2. The highest BCUT2D eigenvalue weighted by Crippen LogP contribution is 2.37. The Balaban J connectivity index is 1.84. The highest BCUT2D eigenvalue weighted by atomic mass is 79.9. The molecule has 1 aliphatic rings. The van der Waals surface area contributed by atoms with Crippen LogP contribution in [-0.4, -0.2) is 39.5 Å². The SMILES string of the molecule is NC(=O)CCCC=CC[C@H]1C(O)CC(O)[C@@H]1C=CC(O)CCc1scc(Br)c1Br. The molecule has 29 heavy (non-hydrogen) atoms. The van der Waals surface area contributed by atoms with Gasteiger partial charge in [0.25, 0.3) is 0 Å². The molecular weight excluding hydrogens is 522 g/mol. The van der Waals surface area contributed by atoms with Crippen LogP contribution in [0.1, 0.15) is 43.4 Å². The van der Waals surface area contributed by atoms with Crippen molar-refractivity contribution < 1.29 is 20.1 Å². The molecule has 5 N–H and O–H groups in total. The average molecular weight is 551 g/mol. The first-order chi connectivity index (χ1) is 13.8. The predicted octanol–water partition coefficient (Wildman–Crippen LogP) is 4.08. The van der Waals surface area contributed by atoms with E-state index < -0.39 is 18.3 Å². The molecule has 0 saturated heterocycles. The van der Waals surface area contributed by atoms with Crippen LogP contribution < -0.4 is 5.73 Å². The van der Waals surface area contributed by atoms with Gasteiger partial charge in [-0.3, -0.25) is 4.79 Å². The molecule has 162 valence electrons. The van der Waals surface area contributed by atoms with E-state index in [1.807, 2.05) is 23.6 Å². The van der Waals surface area contributed by atoms with Crippen LogP contribution in [0.15, 0.2) is 38.6 Å². The number of halogens is 2. The maximum absolute atomic E-state index is 10.7. The fourth-order valence-corrected chi connectivity index (χ4v) is 5.84. The van der Waals surface area contributed by atoms with Gasteiger partial charge in [0.2, 0.25) is 5.91 Å². The van der Waals surface area contributed by atoms with E-state index >= 15 is 0 Å². The molecule has 5 nitrogen and oxygen atoms in total. The summed E-state index contributed by atoms with van der Waals surface area (Å²) in [6.45, 7) is 0. The largest absolute Gasteiger partial charge is 0.393 e. The number of carbonyl (C=O) groups excluding carboxylic acids is 1. The molecule has 0 bridgehead atoms. The van der Waals surface area contributed by atoms with Gasteiger partial charge in [-0.05, 0) is 69.9 Å². The van der Waals surface area contributed by atoms with Gasteiger partial charge in [-0.25, -0.2) is 0 Å². The zero-order valence-electron chi connectivity index (χ0n) is 16.2. The van der Waals surface area contributed by atoms with Gasteiger partial charge in [0.1, 0.15) is 0 Å². The number of aliphatic hydroxyl groups is 3. The minimum atomic E-state index is -0.607. The molecule has 1 aromatic heterocycles. The van der Waals surface area contributed by atoms with E-state index in [9.17, 15) is 20.1 Å². The van der Waals surface area contributed by atoms with Crippen LogP contribution in [0.4, 0.5) is 0 Å². The second kappa shape index (κ2) is 12.4. The van der Waals surface area contributed by atoms with Gasteiger partial charge in [-0.2, -0.15) is 0 Å². The number of aryl methyl sites for hydroxylation is 1. The minimum Gasteiger partial charge on any atom is -0.393 e. The number of hydrogen-bond acceptors (Lipinski definition) is 5. The van der Waals surface area contributed by atoms with Crippen LogP contribution in [0.25, 0.3) is 0 Å². The van der Waals surface area contributed by atoms with Gasteiger partial charge in [0.15, 0.2) is 0 Å². The summed E-state index contributed by atoms with van der Waals surface area (Å²) in [4.78, 5) is 11.9. The van der Waals surface area contributed by atoms with Crippen molar-refractivity contribution in [3.05, 3.63) is 43.5 Å². The van der Waals surface area contributed by atoms with Crippen LogP contribution in [0.2, 0.25) is 0 Å². The second-order valence-corrected chi connectivity index (χ2v) is 10.1. The Bertz CT molecular complexity index is 722. The standard InChI is InChI=1S/C21H29Br2NO4S/c22-16-12-29-19(21(16)23)10-8-13(25)7-9-15-14(17(26)11-18(15)27)5-3-1-2-4-6-20(24)28/h1,3,7,9,12-15,17-18,25-27H,2,4-6,8,10-11H2,(H2,24,28)/t13?,14-,15-,17?,18?/m1/s1. The Morgan fingerprint density at radius 1 is 1.31 bits per heavy atom. The van der Waals surface area contributed by atoms with Gasteiger partial charge < -0.3 is 21.1 Å². The lowest BCUT2D eigenvalue weighted by Gasteiger charge is -2.19. The van der Waals surface area contributed by atoms with Crippen molar-refractivity contribution in [2.24, 2.45) is 17.6 Å². The van der Waals surface area contributed by atoms with Gasteiger partial charge >= 0.3 is 0 Å². The molecule has 1 aliphatic carbocycles. The lowest BCUT2D eigenvalue weighted by Crippen LogP contribution is -2.20. The summed E-state index contributed by atoms with van der Waals surface area (Å²) in [5.41, 5.74) is 5.12. The molecule has 0 radical (unpaired) electrons. The van der Waals surface area contributed by atoms with Crippen molar-refractivity contribution in [2.75, 3.05) is 0 Å². The quantitative estimate of drug-likeness (QED) is 0.246. The summed E-state index contributed by atoms with van der Waals surface area (Å²) in [6.07, 6.45) is 10.0. The molecule has 1 heterocycles. The topological polar surface area (TPSA) is 104 Å². The normalized spacial score (nSPS) is 26.0. The van der Waals surface area contributed by atoms with E-state index in [0.717, 1.165) is 21.8 Å². The van der Waals surface area contributed by atoms with E-state index in [1.165, 1.54) is 4.88 Å². The Morgan fingerprint density at radius 3 is 2.72 bits per heavy atom. The predicted molar refractivity (Wildman–Crippen MR) is 124 cm³/mol. The maximum Gasteiger partial charge on any atom is 0.217 e. The smallest absolute Gasteiger partial charge is 0.217 e. The van der Waals surface area contributed by atoms with Crippen LogP contribution in [0, 0.1) is 11.8 Å². The van der Waals surface area contributed by atoms with E-state index in [-0.39, 0.29) is 17.7 Å². The van der Waals surface area contributed by atoms with E-state index in [4.69, 9.17) is 5.73 Å². The van der Waals surface area contributed by atoms with E-state index in [1.54, 1.807) is 17.4 Å². The Hall–Kier alpha value is -0.510. The van der Waals surface area contributed by atoms with Crippen molar-refractivity contribution >= 4 is 49.1 Å². The molecule has 0 spiro atoms. The van der Waals surface area contributed by atoms with Crippen molar-refractivity contribution in [3.8, 4) is 0 Å². The highest BCUT2D eigenvalue weighted by Gasteiger charge is 2.39. The van der Waals surface area contributed by atoms with Crippen LogP contribution in [0.5, 0.6) is 0 Å². The van der Waals surface area contributed by atoms with Crippen molar-refractivity contribution in [1.29, 1.82) is 0 Å². The third-order valence-corrected chi connectivity index (χ3v) is 8.94. The molecule has 2 rings (SSSR count). The number of rotatable bonds is 11. The van der Waals surface area contributed by atoms with Gasteiger partial charge in [-0.1, -0.05) is 24.3 Å². The number of nitrogens with two attached hydrogens (primary N) is 1. The lowest BCUT2D eigenvalue weighted by molar-refractivity contribution is -0.118. The molecule has 1 aromatic rings. The van der Waals surface area contributed by atoms with Crippen molar-refractivity contribution in [1.82, 2.24) is 0 Å². The first-order valence-corrected chi connectivity index (χ1v) is 12.3. The number of unbranched alkanes of at least 4 members (excludes halogenated alkanes) is 1. The minimum absolute atomic E-state index is 0.0803. The number of thiophene rings is 1. The molecular formula is C21H29Br2NO4S. The lowest BCUT2D eigenvalue weighted by atomic mass is 9.89. The fourth-order valence-electron chi connectivity index (χ4n) is 3.63. The maximum atomic E-state index is 10.7. The highest BCUT2D eigenvalue weighted by molar-refractivity contribution is 9.13. The molecule has 1 saturated carbocycles. The van der Waals surface area contributed by atoms with E-state index in [2.05, 4.69) is 31.9 Å². The summed E-state index contributed by atoms with van der Waals surface area (Å²) in [6, 6.07) is 0. The summed E-state index contributed by atoms with van der Waals surface area (Å²) < 4.78 is 2.06.